The highest BCUT2D eigenvalue weighted by Crippen LogP contribution is 2.10. The first-order valence-electron chi connectivity index (χ1n) is 7.00. The Morgan fingerprint density at radius 1 is 0.909 bits per heavy atom. The minimum absolute atomic E-state index is 0.0958. The first-order chi connectivity index (χ1) is 10.6. The van der Waals surface area contributed by atoms with Crippen LogP contribution >= 0.6 is 0 Å². The third kappa shape index (κ3) is 2.96. The number of halogens is 2. The molecule has 6 heteroatoms. The van der Waals surface area contributed by atoms with E-state index in [2.05, 4.69) is 17.0 Å². The molecular weight excluding hydrogens is 300 g/mol. The molecule has 0 radical (unpaired) electrons. The second kappa shape index (κ2) is 6.19. The standard InChI is InChI=1S/C16H15F2N3Si/c1-12(21-11-19-10-20-21)22(15-6-2-13(17)3-7-15)16-8-4-14(18)5-9-16/h2-12,22H,1H3. The summed E-state index contributed by atoms with van der Waals surface area (Å²) in [4.78, 5) is 4.00. The van der Waals surface area contributed by atoms with Crippen molar-refractivity contribution in [3.8, 4) is 0 Å². The maximum atomic E-state index is 13.2. The fraction of sp³-hybridized carbons (Fsp3) is 0.125. The second-order valence-corrected chi connectivity index (χ2v) is 8.45. The number of rotatable bonds is 4. The summed E-state index contributed by atoms with van der Waals surface area (Å²) in [5.41, 5.74) is 0.0958. The Labute approximate surface area is 128 Å². The monoisotopic (exact) mass is 315 g/mol. The van der Waals surface area contributed by atoms with Gasteiger partial charge in [-0.2, -0.15) is 5.10 Å². The van der Waals surface area contributed by atoms with Crippen molar-refractivity contribution in [2.24, 2.45) is 0 Å². The number of hydrogen-bond acceptors (Lipinski definition) is 2. The van der Waals surface area contributed by atoms with Gasteiger partial charge in [-0.1, -0.05) is 34.6 Å². The molecule has 0 aliphatic carbocycles. The van der Waals surface area contributed by atoms with Crippen LogP contribution in [0.1, 0.15) is 12.6 Å². The van der Waals surface area contributed by atoms with Gasteiger partial charge in [0, 0.05) is 5.67 Å². The summed E-state index contributed by atoms with van der Waals surface area (Å²) in [7, 11) is -1.75. The normalized spacial score (nSPS) is 12.5. The van der Waals surface area contributed by atoms with Crippen LogP contribution in [0.2, 0.25) is 0 Å². The molecule has 2 aromatic carbocycles. The minimum atomic E-state index is -1.75. The molecule has 3 nitrogen and oxygen atoms in total. The SMILES string of the molecule is CC(n1cncn1)[SiH](c1ccc(F)cc1)c1ccc(F)cc1. The van der Waals surface area contributed by atoms with Gasteiger partial charge in [0.15, 0.2) is 0 Å². The van der Waals surface area contributed by atoms with Gasteiger partial charge in [-0.05, 0) is 31.2 Å². The topological polar surface area (TPSA) is 30.7 Å². The Kier molecular flexibility index (Phi) is 4.10. The van der Waals surface area contributed by atoms with Crippen LogP contribution < -0.4 is 10.4 Å². The molecule has 0 saturated heterocycles. The maximum Gasteiger partial charge on any atom is 0.137 e. The lowest BCUT2D eigenvalue weighted by Gasteiger charge is -2.23. The largest absolute Gasteiger partial charge is 0.253 e. The van der Waals surface area contributed by atoms with Crippen molar-refractivity contribution in [3.63, 3.8) is 0 Å². The quantitative estimate of drug-likeness (QED) is 0.686. The molecule has 0 aliphatic heterocycles. The van der Waals surface area contributed by atoms with E-state index >= 15 is 0 Å². The Morgan fingerprint density at radius 3 is 1.82 bits per heavy atom. The van der Waals surface area contributed by atoms with E-state index in [4.69, 9.17) is 0 Å². The lowest BCUT2D eigenvalue weighted by atomic mass is 10.3. The van der Waals surface area contributed by atoms with Gasteiger partial charge in [0.05, 0.1) is 0 Å². The Balaban J connectivity index is 2.05. The average molecular weight is 315 g/mol. The van der Waals surface area contributed by atoms with Gasteiger partial charge in [0.1, 0.15) is 33.1 Å². The molecule has 1 atom stereocenters. The van der Waals surface area contributed by atoms with Crippen LogP contribution in [-0.4, -0.2) is 23.6 Å². The van der Waals surface area contributed by atoms with Crippen LogP contribution in [0, 0.1) is 11.6 Å². The van der Waals surface area contributed by atoms with E-state index in [0.717, 1.165) is 10.4 Å². The Bertz CT molecular complexity index is 682. The van der Waals surface area contributed by atoms with Crippen molar-refractivity contribution in [1.29, 1.82) is 0 Å². The number of benzene rings is 2. The maximum absolute atomic E-state index is 13.2. The van der Waals surface area contributed by atoms with Gasteiger partial charge in [-0.25, -0.2) is 13.8 Å². The van der Waals surface area contributed by atoms with Gasteiger partial charge in [-0.3, -0.25) is 4.68 Å². The molecule has 0 fully saturated rings. The first-order valence-corrected chi connectivity index (χ1v) is 8.82. The smallest absolute Gasteiger partial charge is 0.137 e. The number of hydrogen-bond donors (Lipinski definition) is 0. The lowest BCUT2D eigenvalue weighted by Crippen LogP contribution is -2.48. The molecule has 1 heterocycles. The van der Waals surface area contributed by atoms with Crippen LogP contribution in [0.15, 0.2) is 61.2 Å². The summed E-state index contributed by atoms with van der Waals surface area (Å²) >= 11 is 0. The van der Waals surface area contributed by atoms with E-state index in [0.29, 0.717) is 0 Å². The van der Waals surface area contributed by atoms with Gasteiger partial charge in [-0.15, -0.1) is 0 Å². The van der Waals surface area contributed by atoms with Gasteiger partial charge in [0.25, 0.3) is 0 Å². The molecular formula is C16H15F2N3Si. The summed E-state index contributed by atoms with van der Waals surface area (Å²) < 4.78 is 28.2. The van der Waals surface area contributed by atoms with Crippen molar-refractivity contribution in [1.82, 2.24) is 14.8 Å². The van der Waals surface area contributed by atoms with Crippen molar-refractivity contribution in [3.05, 3.63) is 72.8 Å². The van der Waals surface area contributed by atoms with Crippen LogP contribution in [0.5, 0.6) is 0 Å². The molecule has 1 unspecified atom stereocenters. The lowest BCUT2D eigenvalue weighted by molar-refractivity contribution is 0.620. The number of aromatic nitrogens is 3. The van der Waals surface area contributed by atoms with E-state index in [1.165, 1.54) is 30.6 Å². The highest BCUT2D eigenvalue weighted by molar-refractivity contribution is 6.85. The van der Waals surface area contributed by atoms with Crippen molar-refractivity contribution in [2.45, 2.75) is 12.6 Å². The molecule has 1 aromatic heterocycles. The van der Waals surface area contributed by atoms with Gasteiger partial charge < -0.3 is 0 Å². The molecule has 22 heavy (non-hydrogen) atoms. The third-order valence-corrected chi connectivity index (χ3v) is 7.27. The van der Waals surface area contributed by atoms with Crippen LogP contribution in [0.3, 0.4) is 0 Å². The van der Waals surface area contributed by atoms with E-state index in [-0.39, 0.29) is 17.3 Å². The molecule has 3 rings (SSSR count). The summed E-state index contributed by atoms with van der Waals surface area (Å²) in [6.07, 6.45) is 3.18. The van der Waals surface area contributed by atoms with Crippen LogP contribution in [-0.2, 0) is 0 Å². The molecule has 0 N–H and O–H groups in total. The van der Waals surface area contributed by atoms with Crippen molar-refractivity contribution < 1.29 is 8.78 Å². The van der Waals surface area contributed by atoms with Crippen LogP contribution in [0.4, 0.5) is 8.78 Å². The predicted octanol–water partition coefficient (Wildman–Crippen LogP) is 1.70. The first kappa shape index (κ1) is 14.6. The molecule has 0 aliphatic rings. The van der Waals surface area contributed by atoms with E-state index in [9.17, 15) is 8.78 Å². The molecule has 0 amide bonds. The van der Waals surface area contributed by atoms with Gasteiger partial charge in [0.2, 0.25) is 0 Å². The molecule has 0 saturated carbocycles. The third-order valence-electron chi connectivity index (χ3n) is 3.79. The zero-order valence-electron chi connectivity index (χ0n) is 12.0. The molecule has 0 spiro atoms. The Morgan fingerprint density at radius 2 is 1.41 bits per heavy atom. The average Bonchev–Trinajstić information content (AvgIpc) is 3.05. The minimum Gasteiger partial charge on any atom is -0.253 e. The summed E-state index contributed by atoms with van der Waals surface area (Å²) in [6, 6.07) is 13.1. The van der Waals surface area contributed by atoms with E-state index < -0.39 is 8.80 Å². The van der Waals surface area contributed by atoms with Crippen LogP contribution in [0.25, 0.3) is 0 Å². The molecule has 0 bridgehead atoms. The van der Waals surface area contributed by atoms with E-state index in [1.807, 2.05) is 28.9 Å². The highest BCUT2D eigenvalue weighted by Gasteiger charge is 2.25. The predicted molar refractivity (Wildman–Crippen MR) is 84.0 cm³/mol. The summed E-state index contributed by atoms with van der Waals surface area (Å²) in [5.74, 6) is -0.520. The van der Waals surface area contributed by atoms with Crippen molar-refractivity contribution >= 4 is 19.2 Å². The number of nitrogens with zero attached hydrogens (tertiary/aromatic N) is 3. The zero-order valence-corrected chi connectivity index (χ0v) is 13.2. The molecule has 3 aromatic rings. The fourth-order valence-electron chi connectivity index (χ4n) is 2.67. The van der Waals surface area contributed by atoms with Crippen molar-refractivity contribution in [2.75, 3.05) is 0 Å². The summed E-state index contributed by atoms with van der Waals surface area (Å²) in [6.45, 7) is 2.07. The fourth-order valence-corrected chi connectivity index (χ4v) is 5.84. The summed E-state index contributed by atoms with van der Waals surface area (Å²) in [5, 5.41) is 6.37. The highest BCUT2D eigenvalue weighted by atomic mass is 28.3. The molecule has 112 valence electrons. The zero-order chi connectivity index (χ0) is 15.5. The van der Waals surface area contributed by atoms with E-state index in [1.54, 1.807) is 6.33 Å². The Hall–Kier alpha value is -2.34. The second-order valence-electron chi connectivity index (χ2n) is 5.20. The van der Waals surface area contributed by atoms with Gasteiger partial charge >= 0.3 is 0 Å².